The maximum atomic E-state index is 4.79. The van der Waals surface area contributed by atoms with Gasteiger partial charge in [-0.1, -0.05) is 153 Å². The monoisotopic (exact) mass is 741 g/mol. The summed E-state index contributed by atoms with van der Waals surface area (Å²) in [6.45, 7) is 2.50. The molecule has 11 rings (SSSR count). The zero-order chi connectivity index (χ0) is 38.6. The van der Waals surface area contributed by atoms with Crippen molar-refractivity contribution in [2.45, 2.75) is 18.3 Å². The third-order valence-corrected chi connectivity index (χ3v) is 12.4. The summed E-state index contributed by atoms with van der Waals surface area (Å²) >= 11 is 0. The average molecular weight is 742 g/mol. The Bertz CT molecular complexity index is 3090. The van der Waals surface area contributed by atoms with Crippen LogP contribution in [0.4, 0.5) is 17.2 Å². The molecule has 0 radical (unpaired) electrons. The topological polar surface area (TPSA) is 29.0 Å². The molecule has 0 bridgehead atoms. The van der Waals surface area contributed by atoms with Gasteiger partial charge in [-0.2, -0.15) is 0 Å². The van der Waals surface area contributed by atoms with Gasteiger partial charge in [0.25, 0.3) is 0 Å². The van der Waals surface area contributed by atoms with Crippen LogP contribution in [0.3, 0.4) is 0 Å². The van der Waals surface area contributed by atoms with Gasteiger partial charge < -0.3 is 0 Å². The second-order valence-corrected chi connectivity index (χ2v) is 15.5. The van der Waals surface area contributed by atoms with E-state index in [1.807, 2.05) is 42.9 Å². The summed E-state index contributed by atoms with van der Waals surface area (Å²) in [5.74, 6) is 0.998. The first-order valence-electron chi connectivity index (χ1n) is 20.0. The van der Waals surface area contributed by atoms with E-state index in [1.54, 1.807) is 0 Å². The summed E-state index contributed by atoms with van der Waals surface area (Å²) in [6.07, 6.45) is 5.52. The predicted molar refractivity (Wildman–Crippen MR) is 239 cm³/mol. The summed E-state index contributed by atoms with van der Waals surface area (Å²) in [6, 6.07) is 70.8. The Hall–Kier alpha value is -7.36. The van der Waals surface area contributed by atoms with Crippen molar-refractivity contribution in [2.24, 2.45) is 0 Å². The summed E-state index contributed by atoms with van der Waals surface area (Å²) in [7, 11) is 0. The molecule has 0 amide bonds. The van der Waals surface area contributed by atoms with Crippen molar-refractivity contribution in [3.8, 4) is 22.3 Å². The van der Waals surface area contributed by atoms with E-state index in [0.717, 1.165) is 28.3 Å². The van der Waals surface area contributed by atoms with Crippen molar-refractivity contribution in [1.29, 1.82) is 0 Å². The third kappa shape index (κ3) is 5.28. The minimum atomic E-state index is -0.304. The van der Waals surface area contributed by atoms with E-state index in [0.29, 0.717) is 0 Å². The van der Waals surface area contributed by atoms with Crippen molar-refractivity contribution in [1.82, 2.24) is 9.97 Å². The molecule has 3 nitrogen and oxygen atoms in total. The van der Waals surface area contributed by atoms with Crippen LogP contribution in [0.1, 0.15) is 35.1 Å². The first-order chi connectivity index (χ1) is 28.7. The highest BCUT2D eigenvalue weighted by atomic mass is 15.2. The molecule has 0 fully saturated rings. The van der Waals surface area contributed by atoms with E-state index >= 15 is 0 Å². The molecule has 0 saturated heterocycles. The number of aromatic nitrogens is 2. The molecule has 2 heterocycles. The SMILES string of the molecule is CC12C(c3ccccc3)=c3ccccc3=C(c3ccccc3)C1c1cccc3c(-c4ccc(N(c5ccc(-c6ccncc6)cc5)c5ccccn5)cc4)ccc2c13. The summed E-state index contributed by atoms with van der Waals surface area (Å²) in [4.78, 5) is 11.2. The number of benzene rings is 7. The van der Waals surface area contributed by atoms with Crippen LogP contribution < -0.4 is 15.3 Å². The highest BCUT2D eigenvalue weighted by Gasteiger charge is 2.51. The predicted octanol–water partition coefficient (Wildman–Crippen LogP) is 11.9. The Balaban J connectivity index is 1.06. The van der Waals surface area contributed by atoms with E-state index in [4.69, 9.17) is 4.98 Å². The number of fused-ring (bicyclic) bond motifs is 4. The zero-order valence-electron chi connectivity index (χ0n) is 32.1. The van der Waals surface area contributed by atoms with Crippen LogP contribution in [0.25, 0.3) is 44.2 Å². The Morgan fingerprint density at radius 1 is 0.466 bits per heavy atom. The second-order valence-electron chi connectivity index (χ2n) is 15.5. The molecule has 3 heteroatoms. The quantitative estimate of drug-likeness (QED) is 0.163. The molecule has 2 aliphatic carbocycles. The molecular formula is C55H39N3. The first-order valence-corrected chi connectivity index (χ1v) is 20.0. The van der Waals surface area contributed by atoms with Crippen molar-refractivity contribution < 1.29 is 0 Å². The van der Waals surface area contributed by atoms with Crippen LogP contribution in [0.2, 0.25) is 0 Å². The fourth-order valence-electron chi connectivity index (χ4n) is 9.96. The van der Waals surface area contributed by atoms with Crippen LogP contribution in [0, 0.1) is 0 Å². The molecular weight excluding hydrogens is 703 g/mol. The lowest BCUT2D eigenvalue weighted by Gasteiger charge is -2.41. The van der Waals surface area contributed by atoms with Crippen LogP contribution in [0.15, 0.2) is 213 Å². The van der Waals surface area contributed by atoms with Crippen molar-refractivity contribution in [3.63, 3.8) is 0 Å². The van der Waals surface area contributed by atoms with E-state index in [2.05, 4.69) is 187 Å². The molecule has 2 atom stereocenters. The highest BCUT2D eigenvalue weighted by molar-refractivity contribution is 6.07. The number of anilines is 3. The Kier molecular flexibility index (Phi) is 8.01. The van der Waals surface area contributed by atoms with E-state index in [9.17, 15) is 0 Å². The van der Waals surface area contributed by atoms with Gasteiger partial charge in [-0.15, -0.1) is 0 Å². The van der Waals surface area contributed by atoms with Crippen LogP contribution in [-0.2, 0) is 5.41 Å². The number of rotatable bonds is 7. The molecule has 58 heavy (non-hydrogen) atoms. The van der Waals surface area contributed by atoms with Gasteiger partial charge in [0, 0.05) is 41.3 Å². The molecule has 2 aliphatic rings. The van der Waals surface area contributed by atoms with Gasteiger partial charge in [0.2, 0.25) is 0 Å². The van der Waals surface area contributed by atoms with Crippen LogP contribution in [0.5, 0.6) is 0 Å². The lowest BCUT2D eigenvalue weighted by Crippen LogP contribution is -2.45. The standard InChI is InChI=1S/C55H39N3/c1-55-49-31-30-44(39-24-28-43(29-25-39)58(50-21-10-11-34-57-50)42-26-22-37(23-27-42)38-32-35-56-36-33-38)45-19-12-20-48(52(45)49)54(55)51(40-13-4-2-5-14-40)46-17-8-9-18-47(46)53(55)41-15-6-3-7-16-41/h2-36,54H,1H3. The molecule has 0 spiro atoms. The Morgan fingerprint density at radius 2 is 1.09 bits per heavy atom. The van der Waals surface area contributed by atoms with Crippen molar-refractivity contribution in [2.75, 3.05) is 4.90 Å². The van der Waals surface area contributed by atoms with Gasteiger partial charge in [-0.25, -0.2) is 4.98 Å². The summed E-state index contributed by atoms with van der Waals surface area (Å²) < 4.78 is 0. The van der Waals surface area contributed by atoms with Crippen LogP contribution in [-0.4, -0.2) is 9.97 Å². The number of pyridine rings is 2. The van der Waals surface area contributed by atoms with Gasteiger partial charge in [-0.05, 0) is 125 Å². The Labute approximate surface area is 338 Å². The van der Waals surface area contributed by atoms with Gasteiger partial charge in [0.1, 0.15) is 5.82 Å². The largest absolute Gasteiger partial charge is 0.295 e. The first kappa shape index (κ1) is 33.9. The molecule has 2 unspecified atom stereocenters. The molecule has 0 N–H and O–H groups in total. The molecule has 274 valence electrons. The second kappa shape index (κ2) is 13.7. The van der Waals surface area contributed by atoms with E-state index in [1.165, 1.54) is 65.7 Å². The third-order valence-electron chi connectivity index (χ3n) is 12.4. The highest BCUT2D eigenvalue weighted by Crippen LogP contribution is 2.61. The van der Waals surface area contributed by atoms with Crippen molar-refractivity contribution >= 4 is 39.1 Å². The van der Waals surface area contributed by atoms with Gasteiger partial charge in [0.15, 0.2) is 0 Å². The minimum absolute atomic E-state index is 0.133. The van der Waals surface area contributed by atoms with Gasteiger partial charge in [-0.3, -0.25) is 9.88 Å². The number of hydrogen-bond donors (Lipinski definition) is 0. The van der Waals surface area contributed by atoms with Gasteiger partial charge >= 0.3 is 0 Å². The maximum Gasteiger partial charge on any atom is 0.137 e. The molecule has 7 aromatic carbocycles. The van der Waals surface area contributed by atoms with E-state index in [-0.39, 0.29) is 11.3 Å². The summed E-state index contributed by atoms with van der Waals surface area (Å²) in [5.41, 5.74) is 14.6. The minimum Gasteiger partial charge on any atom is -0.295 e. The summed E-state index contributed by atoms with van der Waals surface area (Å²) in [5, 5.41) is 5.29. The van der Waals surface area contributed by atoms with Gasteiger partial charge in [0.05, 0.1) is 0 Å². The molecule has 0 saturated carbocycles. The molecule has 2 aromatic heterocycles. The lowest BCUT2D eigenvalue weighted by atomic mass is 9.61. The smallest absolute Gasteiger partial charge is 0.137 e. The molecule has 9 aromatic rings. The maximum absolute atomic E-state index is 4.79. The fourth-order valence-corrected chi connectivity index (χ4v) is 9.96. The Morgan fingerprint density at radius 3 is 1.78 bits per heavy atom. The number of hydrogen-bond acceptors (Lipinski definition) is 3. The zero-order valence-corrected chi connectivity index (χ0v) is 32.1. The average Bonchev–Trinajstić information content (AvgIpc) is 3.56. The van der Waals surface area contributed by atoms with E-state index < -0.39 is 0 Å². The lowest BCUT2D eigenvalue weighted by molar-refractivity contribution is 0.576. The molecule has 0 aliphatic heterocycles. The normalized spacial score (nSPS) is 16.5. The number of nitrogens with zero attached hydrogens (tertiary/aromatic N) is 3. The fraction of sp³-hybridized carbons (Fsp3) is 0.0545. The van der Waals surface area contributed by atoms with Crippen LogP contribution >= 0.6 is 0 Å². The van der Waals surface area contributed by atoms with Crippen molar-refractivity contribution in [3.05, 3.63) is 245 Å².